The van der Waals surface area contributed by atoms with Gasteiger partial charge in [-0.25, -0.2) is 4.40 Å². The predicted molar refractivity (Wildman–Crippen MR) is 219 cm³/mol. The molecule has 13 nitrogen and oxygen atoms in total. The molecule has 5 heterocycles. The summed E-state index contributed by atoms with van der Waals surface area (Å²) >= 11 is 0. The van der Waals surface area contributed by atoms with E-state index < -0.39 is 0 Å². The lowest BCUT2D eigenvalue weighted by molar-refractivity contribution is 0.213. The lowest BCUT2D eigenvalue weighted by Crippen LogP contribution is -2.38. The van der Waals surface area contributed by atoms with Crippen molar-refractivity contribution in [1.82, 2.24) is 43.2 Å². The number of nitriles is 1. The Bertz CT molecular complexity index is 2910. The SMILES string of the molecule is Cc1ccc2c(c1)c(=O)n(C(c1ccc(C#N)cc1)N1CCCC1)c1nncn21.Cc1ccc2c(c1)c(=O)n(CC=Cc1ccccc1)c1nnc(N(C)C)n21. The average molecular weight is 744 g/mol. The largest absolute Gasteiger partial charge is 0.347 e. The van der Waals surface area contributed by atoms with Gasteiger partial charge in [0.05, 0.1) is 33.4 Å². The third kappa shape index (κ3) is 6.60. The molecule has 1 saturated heterocycles. The van der Waals surface area contributed by atoms with Crippen molar-refractivity contribution in [3.8, 4) is 6.07 Å². The molecular formula is C43H41N11O2. The van der Waals surface area contributed by atoms with E-state index in [2.05, 4.69) is 31.4 Å². The zero-order valence-corrected chi connectivity index (χ0v) is 31.7. The fourth-order valence-corrected chi connectivity index (χ4v) is 7.50. The Hall–Kier alpha value is -6.91. The van der Waals surface area contributed by atoms with E-state index >= 15 is 0 Å². The number of allylic oxidation sites excluding steroid dienone is 1. The normalized spacial score (nSPS) is 13.8. The van der Waals surface area contributed by atoms with Crippen LogP contribution in [0.3, 0.4) is 0 Å². The number of aromatic nitrogens is 8. The summed E-state index contributed by atoms with van der Waals surface area (Å²) in [5.41, 5.74) is 6.22. The summed E-state index contributed by atoms with van der Waals surface area (Å²) in [6, 6.07) is 31.4. The Balaban J connectivity index is 0.000000158. The maximum absolute atomic E-state index is 13.7. The number of benzene rings is 4. The lowest BCUT2D eigenvalue weighted by atomic mass is 10.1. The Morgan fingerprint density at radius 1 is 0.804 bits per heavy atom. The highest BCUT2D eigenvalue weighted by Gasteiger charge is 2.29. The van der Waals surface area contributed by atoms with E-state index in [1.807, 2.05) is 133 Å². The molecule has 0 amide bonds. The fraction of sp³-hybridized carbons (Fsp3) is 0.233. The predicted octanol–water partition coefficient (Wildman–Crippen LogP) is 6.00. The van der Waals surface area contributed by atoms with Gasteiger partial charge in [-0.1, -0.05) is 77.9 Å². The lowest BCUT2D eigenvalue weighted by Gasteiger charge is -2.30. The first kappa shape index (κ1) is 36.1. The van der Waals surface area contributed by atoms with Crippen LogP contribution in [0.15, 0.2) is 113 Å². The van der Waals surface area contributed by atoms with Crippen LogP contribution in [0.25, 0.3) is 39.4 Å². The molecule has 4 aromatic carbocycles. The number of rotatable bonds is 7. The number of fused-ring (bicyclic) bond motifs is 6. The fourth-order valence-electron chi connectivity index (χ4n) is 7.50. The van der Waals surface area contributed by atoms with E-state index in [-0.39, 0.29) is 17.3 Å². The monoisotopic (exact) mass is 743 g/mol. The van der Waals surface area contributed by atoms with Gasteiger partial charge in [0.1, 0.15) is 12.5 Å². The molecule has 0 N–H and O–H groups in total. The van der Waals surface area contributed by atoms with Crippen LogP contribution in [-0.4, -0.2) is 70.4 Å². The number of likely N-dealkylation sites (tertiary alicyclic amines) is 1. The molecule has 1 aliphatic rings. The molecule has 1 unspecified atom stereocenters. The van der Waals surface area contributed by atoms with Gasteiger partial charge in [-0.15, -0.1) is 20.4 Å². The van der Waals surface area contributed by atoms with Gasteiger partial charge in [-0.05, 0) is 74.2 Å². The van der Waals surface area contributed by atoms with Gasteiger partial charge in [-0.2, -0.15) is 5.26 Å². The van der Waals surface area contributed by atoms with Crippen molar-refractivity contribution in [2.45, 2.75) is 39.4 Å². The molecule has 1 aliphatic heterocycles. The first-order valence-electron chi connectivity index (χ1n) is 18.6. The average Bonchev–Trinajstić information content (AvgIpc) is 4.01. The highest BCUT2D eigenvalue weighted by atomic mass is 16.1. The molecule has 13 heteroatoms. The second-order valence-corrected chi connectivity index (χ2v) is 14.3. The highest BCUT2D eigenvalue weighted by molar-refractivity contribution is 5.83. The van der Waals surface area contributed by atoms with Crippen molar-refractivity contribution in [2.75, 3.05) is 32.1 Å². The maximum Gasteiger partial charge on any atom is 0.264 e. The molecular weight excluding hydrogens is 703 g/mol. The molecule has 0 saturated carbocycles. The van der Waals surface area contributed by atoms with Gasteiger partial charge in [-0.3, -0.25) is 28.0 Å². The van der Waals surface area contributed by atoms with Crippen molar-refractivity contribution in [3.05, 3.63) is 152 Å². The van der Waals surface area contributed by atoms with Gasteiger partial charge >= 0.3 is 0 Å². The van der Waals surface area contributed by atoms with E-state index in [0.29, 0.717) is 40.4 Å². The first-order valence-corrected chi connectivity index (χ1v) is 18.6. The number of aryl methyl sites for hydroxylation is 2. The van der Waals surface area contributed by atoms with Crippen LogP contribution in [0.1, 0.15) is 46.8 Å². The molecule has 280 valence electrons. The number of nitrogens with zero attached hydrogens (tertiary/aromatic N) is 11. The van der Waals surface area contributed by atoms with Gasteiger partial charge in [0.15, 0.2) is 0 Å². The van der Waals surface area contributed by atoms with Crippen molar-refractivity contribution in [1.29, 1.82) is 5.26 Å². The molecule has 9 rings (SSSR count). The summed E-state index contributed by atoms with van der Waals surface area (Å²) in [6.45, 7) is 6.21. The van der Waals surface area contributed by atoms with Crippen LogP contribution >= 0.6 is 0 Å². The molecule has 0 aliphatic carbocycles. The van der Waals surface area contributed by atoms with Crippen LogP contribution in [0.2, 0.25) is 0 Å². The summed E-state index contributed by atoms with van der Waals surface area (Å²) in [5.74, 6) is 1.75. The van der Waals surface area contributed by atoms with Gasteiger partial charge in [0.25, 0.3) is 11.1 Å². The van der Waals surface area contributed by atoms with E-state index in [1.165, 1.54) is 0 Å². The number of hydrogen-bond acceptors (Lipinski definition) is 9. The van der Waals surface area contributed by atoms with Crippen molar-refractivity contribution >= 4 is 45.4 Å². The van der Waals surface area contributed by atoms with Crippen LogP contribution in [0.4, 0.5) is 5.95 Å². The zero-order chi connectivity index (χ0) is 38.9. The van der Waals surface area contributed by atoms with Crippen LogP contribution in [0, 0.1) is 25.2 Å². The highest BCUT2D eigenvalue weighted by Crippen LogP contribution is 2.29. The van der Waals surface area contributed by atoms with Gasteiger partial charge < -0.3 is 4.90 Å². The number of hydrogen-bond donors (Lipinski definition) is 0. The third-order valence-electron chi connectivity index (χ3n) is 10.2. The van der Waals surface area contributed by atoms with E-state index in [9.17, 15) is 9.59 Å². The second kappa shape index (κ2) is 15.1. The molecule has 1 atom stereocenters. The van der Waals surface area contributed by atoms with Crippen molar-refractivity contribution in [2.24, 2.45) is 0 Å². The molecule has 8 aromatic rings. The van der Waals surface area contributed by atoms with Gasteiger partial charge in [0, 0.05) is 33.7 Å². The quantitative estimate of drug-likeness (QED) is 0.193. The van der Waals surface area contributed by atoms with E-state index in [0.717, 1.165) is 59.2 Å². The Morgan fingerprint density at radius 3 is 2.16 bits per heavy atom. The summed E-state index contributed by atoms with van der Waals surface area (Å²) in [4.78, 5) is 31.0. The van der Waals surface area contributed by atoms with Crippen LogP contribution in [0.5, 0.6) is 0 Å². The zero-order valence-electron chi connectivity index (χ0n) is 31.7. The summed E-state index contributed by atoms with van der Waals surface area (Å²) < 4.78 is 7.23. The Morgan fingerprint density at radius 2 is 1.48 bits per heavy atom. The topological polar surface area (TPSA) is 135 Å². The van der Waals surface area contributed by atoms with Crippen LogP contribution < -0.4 is 16.0 Å². The minimum atomic E-state index is -0.297. The second-order valence-electron chi connectivity index (χ2n) is 14.3. The van der Waals surface area contributed by atoms with Crippen molar-refractivity contribution < 1.29 is 0 Å². The smallest absolute Gasteiger partial charge is 0.264 e. The third-order valence-corrected chi connectivity index (χ3v) is 10.2. The Labute approximate surface area is 322 Å². The minimum Gasteiger partial charge on any atom is -0.347 e. The molecule has 4 aromatic heterocycles. The molecule has 0 radical (unpaired) electrons. The summed E-state index contributed by atoms with van der Waals surface area (Å²) in [5, 5.41) is 27.5. The van der Waals surface area contributed by atoms with Gasteiger partial charge in [0.2, 0.25) is 17.5 Å². The molecule has 0 spiro atoms. The maximum atomic E-state index is 13.7. The summed E-state index contributed by atoms with van der Waals surface area (Å²) in [7, 11) is 3.84. The number of anilines is 1. The Kier molecular flexibility index (Phi) is 9.72. The molecule has 56 heavy (non-hydrogen) atoms. The van der Waals surface area contributed by atoms with Crippen LogP contribution in [-0.2, 0) is 6.54 Å². The summed E-state index contributed by atoms with van der Waals surface area (Å²) in [6.07, 6.45) is 7.53. The standard InChI is InChI=1S/C22H20N6O.C21H21N5O/c1-15-4-9-19-18(12-15)21(29)28(22-25-24-14-27(19)22)20(26-10-2-3-11-26)17-7-5-16(13-23)6-8-17;1-15-11-12-18-17(14-15)19(27)25(13-7-10-16-8-5-4-6-9-16)21-23-22-20(24(2)3)26(18)21/h4-9,12,14,20H,2-3,10-11H2,1H3;4-12,14H,13H2,1-3H3. The first-order chi connectivity index (χ1) is 27.2. The van der Waals surface area contributed by atoms with E-state index in [4.69, 9.17) is 5.26 Å². The van der Waals surface area contributed by atoms with Crippen molar-refractivity contribution in [3.63, 3.8) is 0 Å². The molecule has 0 bridgehead atoms. The van der Waals surface area contributed by atoms with E-state index in [1.54, 1.807) is 27.6 Å². The molecule has 1 fully saturated rings. The minimum absolute atomic E-state index is 0.0587.